The summed E-state index contributed by atoms with van der Waals surface area (Å²) in [7, 11) is 0. The molecule has 0 atom stereocenters. The second-order valence-electron chi connectivity index (χ2n) is 6.36. The van der Waals surface area contributed by atoms with Gasteiger partial charge in [-0.3, -0.25) is 4.79 Å². The van der Waals surface area contributed by atoms with E-state index in [4.69, 9.17) is 0 Å². The fraction of sp³-hybridized carbons (Fsp3) is 0.263. The summed E-state index contributed by atoms with van der Waals surface area (Å²) in [6.07, 6.45) is 6.66. The Morgan fingerprint density at radius 2 is 2.11 bits per heavy atom. The maximum absolute atomic E-state index is 13.3. The monoisotopic (exact) mass is 398 g/mol. The largest absolute Gasteiger partial charge is 0.366 e. The van der Waals surface area contributed by atoms with Crippen LogP contribution in [0.25, 0.3) is 5.82 Å². The highest BCUT2D eigenvalue weighted by molar-refractivity contribution is 7.99. The molecule has 144 valence electrons. The van der Waals surface area contributed by atoms with Crippen LogP contribution in [0.2, 0.25) is 0 Å². The summed E-state index contributed by atoms with van der Waals surface area (Å²) >= 11 is 1.93. The highest BCUT2D eigenvalue weighted by Gasteiger charge is 2.18. The van der Waals surface area contributed by atoms with E-state index in [0.717, 1.165) is 30.3 Å². The summed E-state index contributed by atoms with van der Waals surface area (Å²) in [5, 5.41) is 7.13. The molecule has 0 saturated carbocycles. The summed E-state index contributed by atoms with van der Waals surface area (Å²) in [6.45, 7) is 1.87. The Bertz CT molecular complexity index is 972. The number of aromatic nitrogens is 4. The van der Waals surface area contributed by atoms with Gasteiger partial charge in [-0.2, -0.15) is 16.9 Å². The van der Waals surface area contributed by atoms with E-state index < -0.39 is 0 Å². The Balaban J connectivity index is 1.48. The first-order chi connectivity index (χ1) is 13.7. The number of carbonyl (C=O) groups is 1. The maximum atomic E-state index is 13.3. The number of hydrogen-bond acceptors (Lipinski definition) is 6. The zero-order chi connectivity index (χ0) is 19.3. The van der Waals surface area contributed by atoms with Gasteiger partial charge < -0.3 is 10.2 Å². The summed E-state index contributed by atoms with van der Waals surface area (Å²) in [5.74, 6) is 2.21. The summed E-state index contributed by atoms with van der Waals surface area (Å²) < 4.78 is 14.9. The van der Waals surface area contributed by atoms with Gasteiger partial charge in [0.1, 0.15) is 17.8 Å². The first-order valence-electron chi connectivity index (χ1n) is 8.91. The Labute approximate surface area is 166 Å². The van der Waals surface area contributed by atoms with Crippen molar-refractivity contribution in [1.29, 1.82) is 0 Å². The fourth-order valence-corrected chi connectivity index (χ4v) is 3.96. The van der Waals surface area contributed by atoms with Crippen LogP contribution in [0.3, 0.4) is 0 Å². The molecule has 2 aromatic heterocycles. The van der Waals surface area contributed by atoms with Crippen molar-refractivity contribution in [2.45, 2.75) is 6.42 Å². The molecule has 1 fully saturated rings. The van der Waals surface area contributed by atoms with Gasteiger partial charge in [0.25, 0.3) is 0 Å². The molecule has 1 aliphatic heterocycles. The molecule has 4 rings (SSSR count). The van der Waals surface area contributed by atoms with E-state index in [1.54, 1.807) is 35.4 Å². The average molecular weight is 398 g/mol. The van der Waals surface area contributed by atoms with Crippen molar-refractivity contribution in [3.63, 3.8) is 0 Å². The van der Waals surface area contributed by atoms with Crippen molar-refractivity contribution in [1.82, 2.24) is 19.7 Å². The number of rotatable bonds is 5. The predicted octanol–water partition coefficient (Wildman–Crippen LogP) is 2.54. The molecule has 0 unspecified atom stereocenters. The van der Waals surface area contributed by atoms with Crippen LogP contribution in [0.5, 0.6) is 0 Å². The number of halogens is 1. The van der Waals surface area contributed by atoms with Gasteiger partial charge in [-0.25, -0.2) is 19.0 Å². The lowest BCUT2D eigenvalue weighted by Gasteiger charge is -2.29. The minimum absolute atomic E-state index is 0.0904. The molecular weight excluding hydrogens is 379 g/mol. The number of benzene rings is 1. The Hall–Kier alpha value is -2.94. The number of anilines is 2. The molecule has 1 amide bonds. The number of carbonyl (C=O) groups excluding carboxylic acids is 1. The molecule has 1 aromatic carbocycles. The zero-order valence-electron chi connectivity index (χ0n) is 15.1. The van der Waals surface area contributed by atoms with Gasteiger partial charge in [-0.15, -0.1) is 0 Å². The van der Waals surface area contributed by atoms with E-state index >= 15 is 0 Å². The van der Waals surface area contributed by atoms with Crippen LogP contribution >= 0.6 is 11.8 Å². The summed E-state index contributed by atoms with van der Waals surface area (Å²) in [5.41, 5.74) is 2.09. The molecule has 0 spiro atoms. The second-order valence-corrected chi connectivity index (χ2v) is 7.58. The number of nitrogens with zero attached hydrogens (tertiary/aromatic N) is 5. The Morgan fingerprint density at radius 1 is 1.25 bits per heavy atom. The van der Waals surface area contributed by atoms with Gasteiger partial charge in [0.15, 0.2) is 5.82 Å². The van der Waals surface area contributed by atoms with Gasteiger partial charge in [0.05, 0.1) is 30.7 Å². The van der Waals surface area contributed by atoms with Crippen LogP contribution < -0.4 is 10.2 Å². The highest BCUT2D eigenvalue weighted by atomic mass is 32.2. The SMILES string of the molecule is O=C(Cc1cccc(F)c1)Nc1cnn(-c2ncncc2N2CCSCC2)c1. The minimum atomic E-state index is -0.356. The lowest BCUT2D eigenvalue weighted by molar-refractivity contribution is -0.115. The van der Waals surface area contributed by atoms with Crippen LogP contribution in [0.4, 0.5) is 15.8 Å². The lowest BCUT2D eigenvalue weighted by Crippen LogP contribution is -2.33. The quantitative estimate of drug-likeness (QED) is 0.712. The lowest BCUT2D eigenvalue weighted by atomic mass is 10.1. The molecule has 3 heterocycles. The average Bonchev–Trinajstić information content (AvgIpc) is 3.17. The van der Waals surface area contributed by atoms with Gasteiger partial charge >= 0.3 is 0 Å². The summed E-state index contributed by atoms with van der Waals surface area (Å²) in [6, 6.07) is 6.01. The molecule has 1 aliphatic rings. The van der Waals surface area contributed by atoms with E-state index in [1.165, 1.54) is 18.5 Å². The van der Waals surface area contributed by atoms with Crippen LogP contribution in [0, 0.1) is 5.82 Å². The van der Waals surface area contributed by atoms with Gasteiger partial charge in [-0.1, -0.05) is 12.1 Å². The van der Waals surface area contributed by atoms with Crippen molar-refractivity contribution >= 4 is 29.0 Å². The molecule has 1 N–H and O–H groups in total. The van der Waals surface area contributed by atoms with E-state index in [0.29, 0.717) is 17.1 Å². The Morgan fingerprint density at radius 3 is 2.93 bits per heavy atom. The standard InChI is InChI=1S/C19H19FN6OS/c20-15-3-1-2-14(8-15)9-18(27)24-16-10-23-26(12-16)19-17(11-21-13-22-19)25-4-6-28-7-5-25/h1-3,8,10-13H,4-7,9H2,(H,24,27). The fourth-order valence-electron chi connectivity index (χ4n) is 3.06. The molecule has 1 saturated heterocycles. The first kappa shape index (κ1) is 18.4. The first-order valence-corrected chi connectivity index (χ1v) is 10.1. The number of hydrogen-bond donors (Lipinski definition) is 1. The molecule has 7 nitrogen and oxygen atoms in total. The van der Waals surface area contributed by atoms with E-state index in [9.17, 15) is 9.18 Å². The molecular formula is C19H19FN6OS. The van der Waals surface area contributed by atoms with E-state index in [-0.39, 0.29) is 18.1 Å². The Kier molecular flexibility index (Phi) is 5.52. The molecule has 0 aliphatic carbocycles. The summed E-state index contributed by atoms with van der Waals surface area (Å²) in [4.78, 5) is 23.0. The third-order valence-corrected chi connectivity index (χ3v) is 5.30. The normalized spacial score (nSPS) is 14.1. The van der Waals surface area contributed by atoms with Crippen molar-refractivity contribution in [2.24, 2.45) is 0 Å². The third-order valence-electron chi connectivity index (χ3n) is 4.36. The van der Waals surface area contributed by atoms with E-state index in [2.05, 4.69) is 25.3 Å². The van der Waals surface area contributed by atoms with Gasteiger partial charge in [0, 0.05) is 24.6 Å². The van der Waals surface area contributed by atoms with Gasteiger partial charge in [0.2, 0.25) is 5.91 Å². The molecule has 0 bridgehead atoms. The van der Waals surface area contributed by atoms with E-state index in [1.807, 2.05) is 11.8 Å². The van der Waals surface area contributed by atoms with Crippen LogP contribution in [0.15, 0.2) is 49.2 Å². The minimum Gasteiger partial charge on any atom is -0.366 e. The second kappa shape index (κ2) is 8.39. The maximum Gasteiger partial charge on any atom is 0.228 e. The molecule has 3 aromatic rings. The number of nitrogens with one attached hydrogen (secondary N) is 1. The van der Waals surface area contributed by atoms with Crippen molar-refractivity contribution < 1.29 is 9.18 Å². The van der Waals surface area contributed by atoms with Crippen molar-refractivity contribution in [3.8, 4) is 5.82 Å². The number of thioether (sulfide) groups is 1. The molecule has 28 heavy (non-hydrogen) atoms. The van der Waals surface area contributed by atoms with Crippen LogP contribution in [-0.4, -0.2) is 50.3 Å². The molecule has 9 heteroatoms. The van der Waals surface area contributed by atoms with Crippen LogP contribution in [-0.2, 0) is 11.2 Å². The third kappa shape index (κ3) is 4.30. The van der Waals surface area contributed by atoms with Crippen LogP contribution in [0.1, 0.15) is 5.56 Å². The van der Waals surface area contributed by atoms with Crippen molar-refractivity contribution in [3.05, 3.63) is 60.6 Å². The zero-order valence-corrected chi connectivity index (χ0v) is 15.9. The predicted molar refractivity (Wildman–Crippen MR) is 107 cm³/mol. The highest BCUT2D eigenvalue weighted by Crippen LogP contribution is 2.24. The molecule has 0 radical (unpaired) electrons. The van der Waals surface area contributed by atoms with Crippen molar-refractivity contribution in [2.75, 3.05) is 34.8 Å². The topological polar surface area (TPSA) is 75.9 Å². The number of amides is 1. The van der Waals surface area contributed by atoms with Gasteiger partial charge in [-0.05, 0) is 17.7 Å². The smallest absolute Gasteiger partial charge is 0.228 e.